The van der Waals surface area contributed by atoms with E-state index in [0.717, 1.165) is 19.4 Å². The third kappa shape index (κ3) is 3.80. The topological polar surface area (TPSA) is 62.7 Å². The maximum absolute atomic E-state index is 13.6. The summed E-state index contributed by atoms with van der Waals surface area (Å²) in [4.78, 5) is 6.18. The Hall–Kier alpha value is -1.25. The van der Waals surface area contributed by atoms with Crippen LogP contribution in [0.5, 0.6) is 5.88 Å². The van der Waals surface area contributed by atoms with E-state index in [4.69, 9.17) is 4.74 Å². The van der Waals surface area contributed by atoms with E-state index in [1.807, 2.05) is 6.92 Å². The van der Waals surface area contributed by atoms with Crippen LogP contribution in [0.1, 0.15) is 26.2 Å². The third-order valence-corrected chi connectivity index (χ3v) is 7.30. The number of ether oxygens (including phenoxy) is 1. The van der Waals surface area contributed by atoms with E-state index >= 15 is 0 Å². The molecule has 8 heteroatoms. The van der Waals surface area contributed by atoms with Crippen molar-refractivity contribution < 1.29 is 17.5 Å². The number of aromatic nitrogens is 1. The van der Waals surface area contributed by atoms with Crippen LogP contribution in [0.3, 0.4) is 0 Å². The number of nitrogens with zero attached hydrogens (tertiary/aromatic N) is 3. The van der Waals surface area contributed by atoms with Gasteiger partial charge in [0.2, 0.25) is 15.9 Å². The lowest BCUT2D eigenvalue weighted by Crippen LogP contribution is -2.72. The molecule has 140 valence electrons. The summed E-state index contributed by atoms with van der Waals surface area (Å²) >= 11 is 0. The lowest BCUT2D eigenvalue weighted by Gasteiger charge is -2.57. The molecule has 2 aliphatic rings. The van der Waals surface area contributed by atoms with Crippen LogP contribution in [-0.4, -0.2) is 67.2 Å². The molecule has 0 radical (unpaired) electrons. The largest absolute Gasteiger partial charge is 0.475 e. The first kappa shape index (κ1) is 18.5. The van der Waals surface area contributed by atoms with E-state index in [2.05, 4.69) is 16.9 Å². The van der Waals surface area contributed by atoms with Crippen molar-refractivity contribution in [2.24, 2.45) is 5.92 Å². The van der Waals surface area contributed by atoms with Crippen molar-refractivity contribution >= 4 is 10.0 Å². The Morgan fingerprint density at radius 1 is 1.44 bits per heavy atom. The smallest absolute Gasteiger partial charge is 0.250 e. The van der Waals surface area contributed by atoms with Crippen molar-refractivity contribution in [2.75, 3.05) is 39.0 Å². The Morgan fingerprint density at radius 3 is 2.88 bits per heavy atom. The fraction of sp³-hybridized carbons (Fsp3) is 0.706. The molecule has 6 nitrogen and oxygen atoms in total. The molecule has 0 saturated carbocycles. The summed E-state index contributed by atoms with van der Waals surface area (Å²) in [6.45, 7) is 4.26. The first-order chi connectivity index (χ1) is 11.9. The maximum atomic E-state index is 13.6. The van der Waals surface area contributed by atoms with Crippen LogP contribution in [0, 0.1) is 11.7 Å². The molecular formula is C17H26FN3O3S. The molecule has 1 atom stereocenters. The zero-order valence-electron chi connectivity index (χ0n) is 14.8. The van der Waals surface area contributed by atoms with Crippen molar-refractivity contribution in [2.45, 2.75) is 31.7 Å². The average Bonchev–Trinajstić information content (AvgIpc) is 2.53. The molecule has 2 fully saturated rings. The molecule has 0 unspecified atom stereocenters. The minimum absolute atomic E-state index is 0.0382. The summed E-state index contributed by atoms with van der Waals surface area (Å²) in [5, 5.41) is 0. The zero-order chi connectivity index (χ0) is 18.1. The predicted octanol–water partition coefficient (Wildman–Crippen LogP) is 1.74. The number of pyridine rings is 1. The van der Waals surface area contributed by atoms with Gasteiger partial charge in [0.25, 0.3) is 0 Å². The van der Waals surface area contributed by atoms with Crippen LogP contribution in [0.4, 0.5) is 4.39 Å². The molecule has 3 rings (SSSR count). The normalized spacial score (nSPS) is 24.2. The van der Waals surface area contributed by atoms with E-state index in [-0.39, 0.29) is 23.1 Å². The van der Waals surface area contributed by atoms with Crippen LogP contribution in [0.25, 0.3) is 0 Å². The van der Waals surface area contributed by atoms with Gasteiger partial charge in [-0.1, -0.05) is 6.92 Å². The van der Waals surface area contributed by atoms with Crippen molar-refractivity contribution in [3.63, 3.8) is 0 Å². The summed E-state index contributed by atoms with van der Waals surface area (Å²) in [6.07, 6.45) is 3.95. The fourth-order valence-electron chi connectivity index (χ4n) is 3.79. The monoisotopic (exact) mass is 371 g/mol. The number of hydrogen-bond donors (Lipinski definition) is 0. The van der Waals surface area contributed by atoms with Crippen LogP contribution >= 0.6 is 0 Å². The number of hydrogen-bond acceptors (Lipinski definition) is 5. The number of sulfonamides is 1. The van der Waals surface area contributed by atoms with Gasteiger partial charge in [-0.05, 0) is 50.9 Å². The van der Waals surface area contributed by atoms with Gasteiger partial charge in [0.05, 0.1) is 12.4 Å². The molecule has 0 aromatic carbocycles. The number of rotatable bonds is 6. The second-order valence-corrected chi connectivity index (χ2v) is 9.28. The van der Waals surface area contributed by atoms with Crippen LogP contribution in [0.2, 0.25) is 0 Å². The van der Waals surface area contributed by atoms with Gasteiger partial charge in [-0.15, -0.1) is 0 Å². The Kier molecular flexibility index (Phi) is 5.31. The molecular weight excluding hydrogens is 345 g/mol. The summed E-state index contributed by atoms with van der Waals surface area (Å²) in [5.74, 6) is 0.0636. The molecule has 3 heterocycles. The van der Waals surface area contributed by atoms with E-state index in [1.54, 1.807) is 4.31 Å². The fourth-order valence-corrected chi connectivity index (χ4v) is 5.44. The van der Waals surface area contributed by atoms with E-state index < -0.39 is 15.8 Å². The Morgan fingerprint density at radius 2 is 2.20 bits per heavy atom. The average molecular weight is 371 g/mol. The van der Waals surface area contributed by atoms with Crippen LogP contribution in [0.15, 0.2) is 18.3 Å². The standard InChI is InChI=1S/C17H26FN3O3S/c1-3-9-25(22,23)21-12-17(13-21)10-14(6-8-20(17)2)11-24-16-15(18)5-4-7-19-16/h4-5,7,14H,3,6,8-13H2,1-2H3/t14-/m1/s1. The minimum atomic E-state index is -3.13. The summed E-state index contributed by atoms with van der Waals surface area (Å²) in [7, 11) is -1.08. The van der Waals surface area contributed by atoms with Crippen molar-refractivity contribution in [3.8, 4) is 5.88 Å². The molecule has 0 bridgehead atoms. The molecule has 25 heavy (non-hydrogen) atoms. The summed E-state index contributed by atoms with van der Waals surface area (Å²) in [6, 6.07) is 2.87. The van der Waals surface area contributed by atoms with Crippen LogP contribution < -0.4 is 4.74 Å². The third-order valence-electron chi connectivity index (χ3n) is 5.33. The quantitative estimate of drug-likeness (QED) is 0.762. The van der Waals surface area contributed by atoms with Crippen molar-refractivity contribution in [1.29, 1.82) is 0 Å². The van der Waals surface area contributed by atoms with E-state index in [0.29, 0.717) is 26.1 Å². The highest BCUT2D eigenvalue weighted by molar-refractivity contribution is 7.89. The van der Waals surface area contributed by atoms with Crippen molar-refractivity contribution in [3.05, 3.63) is 24.1 Å². The first-order valence-corrected chi connectivity index (χ1v) is 10.4. The Labute approximate surface area is 149 Å². The molecule has 0 aliphatic carbocycles. The molecule has 2 aliphatic heterocycles. The van der Waals surface area contributed by atoms with Gasteiger partial charge in [0.1, 0.15) is 0 Å². The predicted molar refractivity (Wildman–Crippen MR) is 93.4 cm³/mol. The zero-order valence-corrected chi connectivity index (χ0v) is 15.6. The Balaban J connectivity index is 1.59. The summed E-state index contributed by atoms with van der Waals surface area (Å²) < 4.78 is 45.2. The highest BCUT2D eigenvalue weighted by atomic mass is 32.2. The molecule has 1 aromatic heterocycles. The second-order valence-electron chi connectivity index (χ2n) is 7.19. The lowest BCUT2D eigenvalue weighted by molar-refractivity contribution is -0.0499. The number of piperidine rings is 1. The minimum Gasteiger partial charge on any atom is -0.475 e. The number of halogens is 1. The Bertz CT molecular complexity index is 707. The first-order valence-electron chi connectivity index (χ1n) is 8.79. The van der Waals surface area contributed by atoms with E-state index in [9.17, 15) is 12.8 Å². The van der Waals surface area contributed by atoms with Gasteiger partial charge in [0, 0.05) is 24.8 Å². The van der Waals surface area contributed by atoms with Gasteiger partial charge >= 0.3 is 0 Å². The van der Waals surface area contributed by atoms with Crippen LogP contribution in [-0.2, 0) is 10.0 Å². The highest BCUT2D eigenvalue weighted by Crippen LogP contribution is 2.39. The summed E-state index contributed by atoms with van der Waals surface area (Å²) in [5.41, 5.74) is -0.115. The number of likely N-dealkylation sites (tertiary alicyclic amines) is 1. The highest BCUT2D eigenvalue weighted by Gasteiger charge is 2.52. The molecule has 0 N–H and O–H groups in total. The lowest BCUT2D eigenvalue weighted by atomic mass is 9.77. The van der Waals surface area contributed by atoms with Gasteiger partial charge in [0.15, 0.2) is 5.82 Å². The molecule has 0 amide bonds. The number of likely N-dealkylation sites (N-methyl/N-ethyl adjacent to an activating group) is 1. The SMILES string of the molecule is CCCS(=O)(=O)N1CC2(C[C@H](COc3ncccc3F)CCN2C)C1. The van der Waals surface area contributed by atoms with Gasteiger partial charge in [-0.2, -0.15) is 4.31 Å². The van der Waals surface area contributed by atoms with Gasteiger partial charge in [-0.25, -0.2) is 17.8 Å². The van der Waals surface area contributed by atoms with Crippen molar-refractivity contribution in [1.82, 2.24) is 14.2 Å². The van der Waals surface area contributed by atoms with Gasteiger partial charge < -0.3 is 4.74 Å². The second kappa shape index (κ2) is 7.17. The maximum Gasteiger partial charge on any atom is 0.250 e. The molecule has 1 aromatic rings. The molecule has 2 saturated heterocycles. The van der Waals surface area contributed by atoms with Gasteiger partial charge in [-0.3, -0.25) is 4.90 Å². The van der Waals surface area contributed by atoms with E-state index in [1.165, 1.54) is 18.3 Å². The molecule has 1 spiro atoms.